The fourth-order valence-corrected chi connectivity index (χ4v) is 3.33. The zero-order valence-electron chi connectivity index (χ0n) is 13.9. The summed E-state index contributed by atoms with van der Waals surface area (Å²) in [5.41, 5.74) is 5.12. The Labute approximate surface area is 151 Å². The van der Waals surface area contributed by atoms with E-state index < -0.39 is 27.7 Å². The lowest BCUT2D eigenvalue weighted by molar-refractivity contribution is -0.145. The lowest BCUT2D eigenvalue weighted by atomic mass is 10.2. The van der Waals surface area contributed by atoms with Crippen LogP contribution in [0.1, 0.15) is 23.1 Å². The van der Waals surface area contributed by atoms with Crippen molar-refractivity contribution in [3.8, 4) is 5.82 Å². The molecule has 11 heteroatoms. The molecule has 0 aliphatic heterocycles. The van der Waals surface area contributed by atoms with Crippen LogP contribution < -0.4 is 5.73 Å². The van der Waals surface area contributed by atoms with Crippen molar-refractivity contribution < 1.29 is 26.4 Å². The number of pyridine rings is 1. The Balaban J connectivity index is 2.24. The van der Waals surface area contributed by atoms with Crippen molar-refractivity contribution in [1.82, 2.24) is 14.5 Å². The van der Waals surface area contributed by atoms with Gasteiger partial charge in [0.1, 0.15) is 5.82 Å². The number of primary amides is 1. The monoisotopic (exact) mass is 398 g/mol. The highest BCUT2D eigenvalue weighted by atomic mass is 32.2. The summed E-state index contributed by atoms with van der Waals surface area (Å²) >= 11 is 0. The third-order valence-electron chi connectivity index (χ3n) is 3.88. The average Bonchev–Trinajstić information content (AvgIpc) is 3.00. The first-order valence-electron chi connectivity index (χ1n) is 7.63. The van der Waals surface area contributed by atoms with Gasteiger partial charge in [0, 0.05) is 11.8 Å². The highest BCUT2D eigenvalue weighted by molar-refractivity contribution is 7.91. The number of fused-ring (bicyclic) bond motifs is 1. The summed E-state index contributed by atoms with van der Waals surface area (Å²) in [6.07, 6.45) is -3.81. The minimum absolute atomic E-state index is 0.0122. The highest BCUT2D eigenvalue weighted by Gasteiger charge is 2.38. The van der Waals surface area contributed by atoms with E-state index in [1.54, 1.807) is 0 Å². The number of aromatic nitrogens is 3. The van der Waals surface area contributed by atoms with Gasteiger partial charge in [-0.25, -0.2) is 18.4 Å². The molecule has 1 amide bonds. The second kappa shape index (κ2) is 6.34. The van der Waals surface area contributed by atoms with Gasteiger partial charge in [0.15, 0.2) is 9.84 Å². The van der Waals surface area contributed by atoms with E-state index in [0.29, 0.717) is 0 Å². The van der Waals surface area contributed by atoms with Gasteiger partial charge >= 0.3 is 6.18 Å². The number of carbonyl (C=O) groups excluding carboxylic acids is 1. The molecule has 0 saturated carbocycles. The Morgan fingerprint density at radius 3 is 2.44 bits per heavy atom. The number of benzene rings is 1. The van der Waals surface area contributed by atoms with Gasteiger partial charge in [-0.1, -0.05) is 6.92 Å². The maximum Gasteiger partial charge on any atom is 0.450 e. The molecular formula is C16H13F3N4O3S. The zero-order valence-corrected chi connectivity index (χ0v) is 14.7. The number of imidazole rings is 1. The van der Waals surface area contributed by atoms with Crippen LogP contribution in [0.5, 0.6) is 0 Å². The molecule has 0 radical (unpaired) electrons. The van der Waals surface area contributed by atoms with Crippen molar-refractivity contribution in [3.63, 3.8) is 0 Å². The molecule has 0 aliphatic rings. The van der Waals surface area contributed by atoms with Crippen molar-refractivity contribution in [3.05, 3.63) is 47.9 Å². The number of sulfone groups is 1. The summed E-state index contributed by atoms with van der Waals surface area (Å²) in [5, 5.41) is 0. The average molecular weight is 398 g/mol. The molecule has 142 valence electrons. The predicted octanol–water partition coefficient (Wildman–Crippen LogP) is 2.33. The molecule has 3 aromatic rings. The van der Waals surface area contributed by atoms with Crippen LogP contribution in [0.25, 0.3) is 16.9 Å². The molecule has 0 spiro atoms. The van der Waals surface area contributed by atoms with Crippen molar-refractivity contribution >= 4 is 26.8 Å². The maximum atomic E-state index is 13.5. The second-order valence-corrected chi connectivity index (χ2v) is 7.87. The topological polar surface area (TPSA) is 108 Å². The summed E-state index contributed by atoms with van der Waals surface area (Å²) in [7, 11) is -3.54. The smallest absolute Gasteiger partial charge is 0.366 e. The molecule has 7 nitrogen and oxygen atoms in total. The third-order valence-corrected chi connectivity index (χ3v) is 5.60. The first kappa shape index (κ1) is 18.8. The first-order chi connectivity index (χ1) is 12.5. The third kappa shape index (κ3) is 3.37. The van der Waals surface area contributed by atoms with Crippen LogP contribution in [-0.2, 0) is 16.0 Å². The zero-order chi connectivity index (χ0) is 20.0. The molecule has 27 heavy (non-hydrogen) atoms. The Kier molecular flexibility index (Phi) is 4.42. The van der Waals surface area contributed by atoms with E-state index in [1.165, 1.54) is 31.2 Å². The number of rotatable bonds is 4. The summed E-state index contributed by atoms with van der Waals surface area (Å²) in [5.74, 6) is -2.37. The summed E-state index contributed by atoms with van der Waals surface area (Å²) < 4.78 is 64.8. The van der Waals surface area contributed by atoms with Gasteiger partial charge in [-0.3, -0.25) is 9.36 Å². The molecule has 2 aromatic heterocycles. The lowest BCUT2D eigenvalue weighted by Crippen LogP contribution is -2.15. The molecule has 0 fully saturated rings. The maximum absolute atomic E-state index is 13.5. The molecule has 1 aromatic carbocycles. The van der Waals surface area contributed by atoms with E-state index in [9.17, 15) is 26.4 Å². The molecule has 2 heterocycles. The van der Waals surface area contributed by atoms with Gasteiger partial charge in [0.2, 0.25) is 11.7 Å². The number of hydrogen-bond acceptors (Lipinski definition) is 5. The van der Waals surface area contributed by atoms with Crippen molar-refractivity contribution in [2.45, 2.75) is 18.0 Å². The molecule has 0 aliphatic carbocycles. The fraction of sp³-hybridized carbons (Fsp3) is 0.188. The minimum atomic E-state index is -4.80. The van der Waals surface area contributed by atoms with E-state index in [-0.39, 0.29) is 33.1 Å². The van der Waals surface area contributed by atoms with Crippen LogP contribution in [0.15, 0.2) is 41.4 Å². The van der Waals surface area contributed by atoms with E-state index >= 15 is 0 Å². The fourth-order valence-electron chi connectivity index (χ4n) is 2.51. The number of nitrogens with two attached hydrogens (primary N) is 1. The summed E-state index contributed by atoms with van der Waals surface area (Å²) in [6, 6.07) is 6.06. The predicted molar refractivity (Wildman–Crippen MR) is 90.1 cm³/mol. The standard InChI is InChI=1S/C16H13F3N4O3S/c1-2-27(25,26)10-4-6-13(21-8-10)23-12-5-3-9(14(20)24)7-11(12)22-15(23)16(17,18)19/h3-8H,2H2,1H3,(H2,20,24). The van der Waals surface area contributed by atoms with Gasteiger partial charge in [-0.05, 0) is 30.3 Å². The molecule has 3 rings (SSSR count). The number of alkyl halides is 3. The van der Waals surface area contributed by atoms with Crippen LogP contribution in [-0.4, -0.2) is 34.6 Å². The molecule has 0 bridgehead atoms. The first-order valence-corrected chi connectivity index (χ1v) is 9.28. The van der Waals surface area contributed by atoms with Gasteiger partial charge in [-0.15, -0.1) is 0 Å². The normalized spacial score (nSPS) is 12.4. The van der Waals surface area contributed by atoms with Crippen LogP contribution in [0, 0.1) is 0 Å². The van der Waals surface area contributed by atoms with Gasteiger partial charge in [0.05, 0.1) is 21.7 Å². The Hall–Kier alpha value is -2.95. The van der Waals surface area contributed by atoms with E-state index in [4.69, 9.17) is 5.73 Å². The minimum Gasteiger partial charge on any atom is -0.366 e. The largest absolute Gasteiger partial charge is 0.450 e. The number of halogens is 3. The molecule has 0 unspecified atom stereocenters. The van der Waals surface area contributed by atoms with E-state index in [0.717, 1.165) is 16.8 Å². The number of amides is 1. The van der Waals surface area contributed by atoms with Gasteiger partial charge in [0.25, 0.3) is 0 Å². The van der Waals surface area contributed by atoms with Crippen molar-refractivity contribution in [1.29, 1.82) is 0 Å². The van der Waals surface area contributed by atoms with Crippen molar-refractivity contribution in [2.24, 2.45) is 5.73 Å². The van der Waals surface area contributed by atoms with Crippen molar-refractivity contribution in [2.75, 3.05) is 5.75 Å². The Morgan fingerprint density at radius 1 is 1.22 bits per heavy atom. The Bertz CT molecular complexity index is 1140. The molecule has 2 N–H and O–H groups in total. The summed E-state index contributed by atoms with van der Waals surface area (Å²) in [4.78, 5) is 18.6. The molecular weight excluding hydrogens is 385 g/mol. The Morgan fingerprint density at radius 2 is 1.93 bits per heavy atom. The quantitative estimate of drug-likeness (QED) is 0.726. The van der Waals surface area contributed by atoms with Gasteiger partial charge in [-0.2, -0.15) is 13.2 Å². The molecule has 0 saturated heterocycles. The lowest BCUT2D eigenvalue weighted by Gasteiger charge is -2.11. The van der Waals surface area contributed by atoms with Crippen LogP contribution in [0.3, 0.4) is 0 Å². The van der Waals surface area contributed by atoms with Crippen LogP contribution in [0.2, 0.25) is 0 Å². The number of carbonyl (C=O) groups is 1. The van der Waals surface area contributed by atoms with Crippen LogP contribution in [0.4, 0.5) is 13.2 Å². The SMILES string of the molecule is CCS(=O)(=O)c1ccc(-n2c(C(F)(F)F)nc3cc(C(N)=O)ccc32)nc1. The number of nitrogens with zero attached hydrogens (tertiary/aromatic N) is 3. The van der Waals surface area contributed by atoms with E-state index in [2.05, 4.69) is 9.97 Å². The second-order valence-electron chi connectivity index (χ2n) is 5.59. The number of hydrogen-bond donors (Lipinski definition) is 1. The summed E-state index contributed by atoms with van der Waals surface area (Å²) in [6.45, 7) is 1.45. The van der Waals surface area contributed by atoms with Gasteiger partial charge < -0.3 is 5.73 Å². The van der Waals surface area contributed by atoms with E-state index in [1.807, 2.05) is 0 Å². The molecule has 0 atom stereocenters. The highest BCUT2D eigenvalue weighted by Crippen LogP contribution is 2.33. The van der Waals surface area contributed by atoms with Crippen LogP contribution >= 0.6 is 0 Å².